The molecule has 9 nitrogen and oxygen atoms in total. The monoisotopic (exact) mass is 597 g/mol. The van der Waals surface area contributed by atoms with Crippen LogP contribution in [0.4, 0.5) is 0 Å². The number of aromatic nitrogens is 2. The molecule has 0 radical (unpaired) electrons. The zero-order chi connectivity index (χ0) is 29.9. The molecule has 2 aliphatic heterocycles. The molecule has 228 valence electrons. The fourth-order valence-electron chi connectivity index (χ4n) is 6.89. The maximum Gasteiger partial charge on any atom is 0.269 e. The van der Waals surface area contributed by atoms with Crippen LogP contribution >= 0.6 is 0 Å². The summed E-state index contributed by atoms with van der Waals surface area (Å²) in [7, 11) is -3.50. The average molecular weight is 598 g/mol. The van der Waals surface area contributed by atoms with E-state index in [9.17, 15) is 22.8 Å². The van der Waals surface area contributed by atoms with E-state index in [1.165, 1.54) is 0 Å². The first-order valence-corrected chi connectivity index (χ1v) is 17.0. The van der Waals surface area contributed by atoms with Crippen LogP contribution in [0.1, 0.15) is 104 Å². The summed E-state index contributed by atoms with van der Waals surface area (Å²) in [4.78, 5) is 37.8. The molecule has 2 fully saturated rings. The minimum absolute atomic E-state index is 0.000909. The molecule has 1 spiro atoms. The number of aryl methyl sites for hydroxylation is 2. The van der Waals surface area contributed by atoms with Crippen molar-refractivity contribution in [3.63, 3.8) is 0 Å². The van der Waals surface area contributed by atoms with Crippen molar-refractivity contribution in [3.05, 3.63) is 46.8 Å². The van der Waals surface area contributed by atoms with E-state index in [1.54, 1.807) is 31.2 Å². The molecule has 1 N–H and O–H groups in total. The molecule has 0 bridgehead atoms. The van der Waals surface area contributed by atoms with Gasteiger partial charge in [-0.15, -0.1) is 0 Å². The number of carbonyl (C=O) groups excluding carboxylic acids is 3. The van der Waals surface area contributed by atoms with Gasteiger partial charge >= 0.3 is 0 Å². The molecule has 1 aromatic carbocycles. The lowest BCUT2D eigenvalue weighted by Crippen LogP contribution is -2.40. The van der Waals surface area contributed by atoms with Crippen LogP contribution in [-0.2, 0) is 38.8 Å². The Morgan fingerprint density at radius 3 is 2.40 bits per heavy atom. The first-order valence-electron chi connectivity index (χ1n) is 15.5. The number of sulfone groups is 1. The van der Waals surface area contributed by atoms with E-state index in [1.807, 2.05) is 11.6 Å². The molecule has 1 aliphatic carbocycles. The van der Waals surface area contributed by atoms with Crippen LogP contribution in [0.5, 0.6) is 0 Å². The number of ketones is 2. The zero-order valence-electron chi connectivity index (χ0n) is 24.8. The van der Waals surface area contributed by atoms with Crippen LogP contribution in [0.3, 0.4) is 0 Å². The van der Waals surface area contributed by atoms with Crippen LogP contribution in [0.15, 0.2) is 29.2 Å². The van der Waals surface area contributed by atoms with Crippen molar-refractivity contribution in [2.45, 2.75) is 101 Å². The van der Waals surface area contributed by atoms with Crippen molar-refractivity contribution >= 4 is 27.3 Å². The maximum absolute atomic E-state index is 13.1. The summed E-state index contributed by atoms with van der Waals surface area (Å²) in [6.45, 7) is 6.26. The number of carbonyl (C=O) groups is 3. The number of unbranched alkanes of at least 4 members (excludes halogenated alkanes) is 1. The predicted octanol–water partition coefficient (Wildman–Crippen LogP) is 4.50. The Bertz CT molecular complexity index is 1410. The Kier molecular flexibility index (Phi) is 9.32. The quantitative estimate of drug-likeness (QED) is 0.316. The normalized spacial score (nSPS) is 22.3. The van der Waals surface area contributed by atoms with Gasteiger partial charge in [0.1, 0.15) is 11.5 Å². The highest BCUT2D eigenvalue weighted by Crippen LogP contribution is 2.38. The highest BCUT2D eigenvalue weighted by Gasteiger charge is 2.39. The molecule has 1 aromatic heterocycles. The van der Waals surface area contributed by atoms with Crippen LogP contribution in [0.25, 0.3) is 0 Å². The largest absolute Gasteiger partial charge is 0.381 e. The molecule has 3 aliphatic rings. The highest BCUT2D eigenvalue weighted by atomic mass is 32.2. The number of nitrogens with one attached hydrogen (secondary N) is 1. The number of fused-ring (bicyclic) bond motifs is 1. The van der Waals surface area contributed by atoms with Crippen molar-refractivity contribution in [3.8, 4) is 0 Å². The van der Waals surface area contributed by atoms with Gasteiger partial charge in [-0.1, -0.05) is 12.1 Å². The zero-order valence-corrected chi connectivity index (χ0v) is 25.6. The van der Waals surface area contributed by atoms with E-state index in [2.05, 4.69) is 5.32 Å². The van der Waals surface area contributed by atoms with Crippen LogP contribution in [-0.4, -0.2) is 60.7 Å². The van der Waals surface area contributed by atoms with Gasteiger partial charge in [-0.2, -0.15) is 5.10 Å². The van der Waals surface area contributed by atoms with Crippen molar-refractivity contribution in [1.82, 2.24) is 15.1 Å². The van der Waals surface area contributed by atoms with Crippen LogP contribution in [0.2, 0.25) is 0 Å². The number of Topliss-reactive ketones (excluding diaryl/α,β-unsaturated/α-hetero) is 2. The second kappa shape index (κ2) is 12.8. The molecule has 1 saturated carbocycles. The second-order valence-electron chi connectivity index (χ2n) is 12.3. The minimum atomic E-state index is -3.50. The lowest BCUT2D eigenvalue weighted by Gasteiger charge is -2.36. The number of hydrogen-bond donors (Lipinski definition) is 1. The summed E-state index contributed by atoms with van der Waals surface area (Å²) in [5.41, 5.74) is 3.19. The first-order chi connectivity index (χ1) is 20.1. The highest BCUT2D eigenvalue weighted by molar-refractivity contribution is 7.92. The summed E-state index contributed by atoms with van der Waals surface area (Å²) >= 11 is 0. The third-order valence-corrected chi connectivity index (χ3v) is 11.9. The minimum Gasteiger partial charge on any atom is -0.381 e. The number of nitrogens with zero attached hydrogens (tertiary/aromatic N) is 2. The molecule has 10 heteroatoms. The van der Waals surface area contributed by atoms with Gasteiger partial charge < -0.3 is 10.1 Å². The van der Waals surface area contributed by atoms with Gasteiger partial charge in [-0.25, -0.2) is 8.42 Å². The summed E-state index contributed by atoms with van der Waals surface area (Å²) in [6.07, 6.45) is 7.36. The number of ether oxygens (including phenoxy) is 1. The first kappa shape index (κ1) is 30.6. The van der Waals surface area contributed by atoms with Gasteiger partial charge in [0.05, 0.1) is 15.8 Å². The molecule has 2 aromatic rings. The summed E-state index contributed by atoms with van der Waals surface area (Å²) in [6, 6.07) is 6.32. The fourth-order valence-corrected chi connectivity index (χ4v) is 8.68. The average Bonchev–Trinajstić information content (AvgIpc) is 3.28. The third-order valence-electron chi connectivity index (χ3n) is 9.64. The Morgan fingerprint density at radius 2 is 1.76 bits per heavy atom. The third kappa shape index (κ3) is 6.39. The van der Waals surface area contributed by atoms with E-state index in [-0.39, 0.29) is 33.7 Å². The standard InChI is InChI=1S/C32H43N3O6S/c1-3-35-30-27(20-32(21-33-31(30)38)16-18-41-19-17-32)28(34-35)6-4-5-7-29(37)24-10-14-26(15-11-24)42(39,40)25-12-8-23(9-13-25)22(2)36/h10-11,14-15,23,25H,3-9,12-13,16-21H2,1-2H3,(H,33,38). The fraction of sp³-hybridized carbons (Fsp3) is 0.625. The Balaban J connectivity index is 1.17. The van der Waals surface area contributed by atoms with E-state index in [0.717, 1.165) is 36.9 Å². The van der Waals surface area contributed by atoms with Gasteiger partial charge in [-0.05, 0) is 95.6 Å². The molecule has 0 unspecified atom stereocenters. The number of hydrogen-bond acceptors (Lipinski definition) is 7. The molecule has 3 heterocycles. The number of amides is 1. The van der Waals surface area contributed by atoms with E-state index in [0.29, 0.717) is 82.5 Å². The van der Waals surface area contributed by atoms with Crippen molar-refractivity contribution in [2.24, 2.45) is 11.3 Å². The lowest BCUT2D eigenvalue weighted by atomic mass is 9.75. The SMILES string of the molecule is CCn1nc(CCCCC(=O)c2ccc(S(=O)(=O)C3CCC(C(C)=O)CC3)cc2)c2c1C(=O)NCC1(CCOCC1)C2. The number of benzene rings is 1. The molecule has 42 heavy (non-hydrogen) atoms. The molecule has 0 atom stereocenters. The maximum atomic E-state index is 13.1. The Morgan fingerprint density at radius 1 is 1.07 bits per heavy atom. The predicted molar refractivity (Wildman–Crippen MR) is 158 cm³/mol. The molecule has 1 saturated heterocycles. The van der Waals surface area contributed by atoms with E-state index < -0.39 is 15.1 Å². The summed E-state index contributed by atoms with van der Waals surface area (Å²) in [5.74, 6) is 0.0319. The molecule has 5 rings (SSSR count). The van der Waals surface area contributed by atoms with Crippen molar-refractivity contribution in [2.75, 3.05) is 19.8 Å². The summed E-state index contributed by atoms with van der Waals surface area (Å²) in [5, 5.41) is 7.46. The van der Waals surface area contributed by atoms with Gasteiger partial charge in [0.15, 0.2) is 15.6 Å². The van der Waals surface area contributed by atoms with Crippen molar-refractivity contribution in [1.29, 1.82) is 0 Å². The Hall–Kier alpha value is -2.85. The smallest absolute Gasteiger partial charge is 0.269 e. The summed E-state index contributed by atoms with van der Waals surface area (Å²) < 4.78 is 33.7. The van der Waals surface area contributed by atoms with Gasteiger partial charge in [0.2, 0.25) is 0 Å². The molecular weight excluding hydrogens is 554 g/mol. The van der Waals surface area contributed by atoms with Crippen LogP contribution < -0.4 is 5.32 Å². The lowest BCUT2D eigenvalue weighted by molar-refractivity contribution is -0.121. The van der Waals surface area contributed by atoms with Gasteiger partial charge in [0, 0.05) is 49.8 Å². The van der Waals surface area contributed by atoms with Crippen molar-refractivity contribution < 1.29 is 27.5 Å². The van der Waals surface area contributed by atoms with E-state index >= 15 is 0 Å². The van der Waals surface area contributed by atoms with Crippen LogP contribution in [0, 0.1) is 11.3 Å². The number of rotatable bonds is 10. The Labute approximate surface area is 248 Å². The topological polar surface area (TPSA) is 124 Å². The van der Waals surface area contributed by atoms with Gasteiger partial charge in [-0.3, -0.25) is 19.1 Å². The van der Waals surface area contributed by atoms with E-state index in [4.69, 9.17) is 9.84 Å². The van der Waals surface area contributed by atoms with Gasteiger partial charge in [0.25, 0.3) is 5.91 Å². The second-order valence-corrected chi connectivity index (χ2v) is 14.6. The molecular formula is C32H43N3O6S. The molecule has 1 amide bonds.